The Balaban J connectivity index is 1.60. The molecule has 0 unspecified atom stereocenters. The van der Waals surface area contributed by atoms with E-state index in [9.17, 15) is 9.59 Å². The molecule has 0 bridgehead atoms. The van der Waals surface area contributed by atoms with Crippen LogP contribution in [-0.2, 0) is 16.0 Å². The van der Waals surface area contributed by atoms with Crippen LogP contribution < -0.4 is 10.1 Å². The van der Waals surface area contributed by atoms with Gasteiger partial charge in [-0.1, -0.05) is 18.2 Å². The SMILES string of the molecule is COC(=O)c1cccc(NC(=O)CCc2nnc(-c3ccccc3OC)o2)c1. The second-order valence-corrected chi connectivity index (χ2v) is 5.82. The third kappa shape index (κ3) is 4.53. The van der Waals surface area contributed by atoms with Crippen molar-refractivity contribution in [2.75, 3.05) is 19.5 Å². The van der Waals surface area contributed by atoms with Crippen molar-refractivity contribution in [2.45, 2.75) is 12.8 Å². The van der Waals surface area contributed by atoms with Gasteiger partial charge in [-0.25, -0.2) is 4.79 Å². The smallest absolute Gasteiger partial charge is 0.337 e. The van der Waals surface area contributed by atoms with E-state index in [4.69, 9.17) is 9.15 Å². The van der Waals surface area contributed by atoms with Gasteiger partial charge in [-0.15, -0.1) is 10.2 Å². The van der Waals surface area contributed by atoms with Crippen LogP contribution in [0.15, 0.2) is 52.9 Å². The molecule has 0 aliphatic rings. The number of nitrogens with one attached hydrogen (secondary N) is 1. The highest BCUT2D eigenvalue weighted by Crippen LogP contribution is 2.28. The van der Waals surface area contributed by atoms with Gasteiger partial charge in [0.1, 0.15) is 5.75 Å². The molecule has 1 amide bonds. The number of carbonyl (C=O) groups is 2. The van der Waals surface area contributed by atoms with Crippen LogP contribution >= 0.6 is 0 Å². The van der Waals surface area contributed by atoms with Crippen molar-refractivity contribution < 1.29 is 23.5 Å². The molecule has 0 aliphatic heterocycles. The lowest BCUT2D eigenvalue weighted by Crippen LogP contribution is -2.13. The number of aromatic nitrogens is 2. The third-order valence-corrected chi connectivity index (χ3v) is 3.94. The molecule has 144 valence electrons. The van der Waals surface area contributed by atoms with Crippen LogP contribution in [0, 0.1) is 0 Å². The van der Waals surface area contributed by atoms with E-state index >= 15 is 0 Å². The molecule has 0 aliphatic carbocycles. The molecular formula is C20H19N3O5. The van der Waals surface area contributed by atoms with E-state index < -0.39 is 5.97 Å². The summed E-state index contributed by atoms with van der Waals surface area (Å²) in [7, 11) is 2.87. The second-order valence-electron chi connectivity index (χ2n) is 5.82. The normalized spacial score (nSPS) is 10.4. The highest BCUT2D eigenvalue weighted by Gasteiger charge is 2.14. The van der Waals surface area contributed by atoms with Crippen molar-refractivity contribution in [1.82, 2.24) is 10.2 Å². The molecule has 3 aromatic rings. The Kier molecular flexibility index (Phi) is 6.01. The highest BCUT2D eigenvalue weighted by atomic mass is 16.5. The lowest BCUT2D eigenvalue weighted by atomic mass is 10.2. The summed E-state index contributed by atoms with van der Waals surface area (Å²) < 4.78 is 15.6. The van der Waals surface area contributed by atoms with E-state index in [1.807, 2.05) is 18.2 Å². The van der Waals surface area contributed by atoms with Crippen molar-refractivity contribution in [3.8, 4) is 17.2 Å². The van der Waals surface area contributed by atoms with Crippen LogP contribution in [0.3, 0.4) is 0 Å². The topological polar surface area (TPSA) is 104 Å². The van der Waals surface area contributed by atoms with E-state index in [0.29, 0.717) is 34.3 Å². The van der Waals surface area contributed by atoms with Gasteiger partial charge in [0.2, 0.25) is 11.8 Å². The Morgan fingerprint density at radius 3 is 2.68 bits per heavy atom. The minimum atomic E-state index is -0.467. The lowest BCUT2D eigenvalue weighted by Gasteiger charge is -2.06. The summed E-state index contributed by atoms with van der Waals surface area (Å²) in [6, 6.07) is 13.8. The number of rotatable bonds is 7. The zero-order valence-electron chi connectivity index (χ0n) is 15.5. The molecule has 0 saturated carbocycles. The Labute approximate surface area is 161 Å². The molecule has 2 aromatic carbocycles. The van der Waals surface area contributed by atoms with Crippen molar-refractivity contribution in [1.29, 1.82) is 0 Å². The average molecular weight is 381 g/mol. The number of anilines is 1. The van der Waals surface area contributed by atoms with Gasteiger partial charge in [0.15, 0.2) is 0 Å². The molecule has 3 rings (SSSR count). The first kappa shape index (κ1) is 19.1. The first-order valence-corrected chi connectivity index (χ1v) is 8.54. The predicted octanol–water partition coefficient (Wildman–Crippen LogP) is 3.10. The highest BCUT2D eigenvalue weighted by molar-refractivity contribution is 5.94. The maximum atomic E-state index is 12.2. The Morgan fingerprint density at radius 2 is 1.89 bits per heavy atom. The van der Waals surface area contributed by atoms with Crippen molar-refractivity contribution in [3.63, 3.8) is 0 Å². The molecule has 8 nitrogen and oxygen atoms in total. The summed E-state index contributed by atoms with van der Waals surface area (Å²) in [6.07, 6.45) is 0.431. The fourth-order valence-corrected chi connectivity index (χ4v) is 2.57. The summed E-state index contributed by atoms with van der Waals surface area (Å²) in [5.74, 6) is 0.601. The van der Waals surface area contributed by atoms with Gasteiger partial charge in [0, 0.05) is 18.5 Å². The van der Waals surface area contributed by atoms with E-state index in [1.54, 1.807) is 37.4 Å². The van der Waals surface area contributed by atoms with Crippen LogP contribution in [0.5, 0.6) is 5.75 Å². The molecule has 0 saturated heterocycles. The van der Waals surface area contributed by atoms with E-state index in [1.165, 1.54) is 7.11 Å². The number of aryl methyl sites for hydroxylation is 1. The number of esters is 1. The molecule has 8 heteroatoms. The first-order valence-electron chi connectivity index (χ1n) is 8.54. The molecule has 28 heavy (non-hydrogen) atoms. The zero-order valence-corrected chi connectivity index (χ0v) is 15.5. The van der Waals surface area contributed by atoms with Crippen molar-refractivity contribution in [2.24, 2.45) is 0 Å². The monoisotopic (exact) mass is 381 g/mol. The third-order valence-electron chi connectivity index (χ3n) is 3.94. The number of para-hydroxylation sites is 1. The van der Waals surface area contributed by atoms with Crippen LogP contribution in [0.2, 0.25) is 0 Å². The van der Waals surface area contributed by atoms with Gasteiger partial charge < -0.3 is 19.2 Å². The number of hydrogen-bond donors (Lipinski definition) is 1. The number of amides is 1. The number of ether oxygens (including phenoxy) is 2. The number of methoxy groups -OCH3 is 2. The molecule has 0 atom stereocenters. The van der Waals surface area contributed by atoms with E-state index in [2.05, 4.69) is 20.3 Å². The largest absolute Gasteiger partial charge is 0.496 e. The van der Waals surface area contributed by atoms with Crippen molar-refractivity contribution in [3.05, 3.63) is 60.0 Å². The number of carbonyl (C=O) groups excluding carboxylic acids is 2. The van der Waals surface area contributed by atoms with Gasteiger partial charge in [-0.2, -0.15) is 0 Å². The van der Waals surface area contributed by atoms with Gasteiger partial charge in [-0.3, -0.25) is 4.79 Å². The molecule has 0 radical (unpaired) electrons. The summed E-state index contributed by atoms with van der Waals surface area (Å²) in [5, 5.41) is 10.7. The van der Waals surface area contributed by atoms with Crippen LogP contribution in [0.1, 0.15) is 22.7 Å². The predicted molar refractivity (Wildman–Crippen MR) is 101 cm³/mol. The van der Waals surface area contributed by atoms with Gasteiger partial charge in [0.25, 0.3) is 5.89 Å². The molecule has 0 spiro atoms. The molecule has 1 N–H and O–H groups in total. The summed E-state index contributed by atoms with van der Waals surface area (Å²) in [5.41, 5.74) is 1.56. The maximum Gasteiger partial charge on any atom is 0.337 e. The summed E-state index contributed by atoms with van der Waals surface area (Å²) in [4.78, 5) is 23.7. The maximum absolute atomic E-state index is 12.2. The zero-order chi connectivity index (χ0) is 19.9. The minimum absolute atomic E-state index is 0.149. The number of hydrogen-bond acceptors (Lipinski definition) is 7. The first-order chi connectivity index (χ1) is 13.6. The van der Waals surface area contributed by atoms with Crippen LogP contribution in [0.25, 0.3) is 11.5 Å². The van der Waals surface area contributed by atoms with Crippen LogP contribution in [0.4, 0.5) is 5.69 Å². The van der Waals surface area contributed by atoms with E-state index in [0.717, 1.165) is 0 Å². The standard InChI is InChI=1S/C20H19N3O5/c1-26-16-9-4-3-8-15(16)19-23-22-18(28-19)11-10-17(24)21-14-7-5-6-13(12-14)20(25)27-2/h3-9,12H,10-11H2,1-2H3,(H,21,24). The van der Waals surface area contributed by atoms with Crippen molar-refractivity contribution >= 4 is 17.6 Å². The Hall–Kier alpha value is -3.68. The molecular weight excluding hydrogens is 362 g/mol. The molecule has 0 fully saturated rings. The second kappa shape index (κ2) is 8.81. The number of nitrogens with zero attached hydrogens (tertiary/aromatic N) is 2. The molecule has 1 heterocycles. The fourth-order valence-electron chi connectivity index (χ4n) is 2.57. The molecule has 1 aromatic heterocycles. The lowest BCUT2D eigenvalue weighted by molar-refractivity contribution is -0.116. The van der Waals surface area contributed by atoms with E-state index in [-0.39, 0.29) is 18.7 Å². The quantitative estimate of drug-likeness (QED) is 0.627. The Bertz CT molecular complexity index is 983. The summed E-state index contributed by atoms with van der Waals surface area (Å²) >= 11 is 0. The fraction of sp³-hybridized carbons (Fsp3) is 0.200. The number of benzene rings is 2. The average Bonchev–Trinajstić information content (AvgIpc) is 3.20. The van der Waals surface area contributed by atoms with Crippen LogP contribution in [-0.4, -0.2) is 36.3 Å². The van der Waals surface area contributed by atoms with Gasteiger partial charge in [-0.05, 0) is 30.3 Å². The minimum Gasteiger partial charge on any atom is -0.496 e. The Morgan fingerprint density at radius 1 is 1.07 bits per heavy atom. The summed E-state index contributed by atoms with van der Waals surface area (Å²) in [6.45, 7) is 0. The van der Waals surface area contributed by atoms with Gasteiger partial charge in [0.05, 0.1) is 25.3 Å². The van der Waals surface area contributed by atoms with Gasteiger partial charge >= 0.3 is 5.97 Å².